The first-order valence-corrected chi connectivity index (χ1v) is 7.78. The fraction of sp³-hybridized carbons (Fsp3) is 0.278. The van der Waals surface area contributed by atoms with Crippen molar-refractivity contribution < 1.29 is 18.7 Å². The van der Waals surface area contributed by atoms with Crippen LogP contribution >= 0.6 is 0 Å². The summed E-state index contributed by atoms with van der Waals surface area (Å²) >= 11 is 0. The molecule has 0 bridgehead atoms. The first-order chi connectivity index (χ1) is 11.7. The molecule has 3 rings (SSSR count). The maximum absolute atomic E-state index is 13.9. The predicted octanol–water partition coefficient (Wildman–Crippen LogP) is 2.72. The van der Waals surface area contributed by atoms with E-state index in [0.29, 0.717) is 37.8 Å². The highest BCUT2D eigenvalue weighted by Gasteiger charge is 2.25. The van der Waals surface area contributed by atoms with Gasteiger partial charge in [-0.1, -0.05) is 0 Å². The Hall–Kier alpha value is -2.76. The molecular formula is C18H17FN2O3. The second-order valence-electron chi connectivity index (χ2n) is 5.65. The van der Waals surface area contributed by atoms with E-state index in [-0.39, 0.29) is 23.3 Å². The number of benzene rings is 1. The van der Waals surface area contributed by atoms with Crippen molar-refractivity contribution in [3.05, 3.63) is 59.7 Å². The summed E-state index contributed by atoms with van der Waals surface area (Å²) in [6.07, 6.45) is 4.89. The summed E-state index contributed by atoms with van der Waals surface area (Å²) in [6, 6.07) is 7.52. The number of hydrogen-bond acceptors (Lipinski definition) is 4. The third-order valence-corrected chi connectivity index (χ3v) is 4.04. The number of rotatable bonds is 4. The topological polar surface area (TPSA) is 59.5 Å². The van der Waals surface area contributed by atoms with E-state index in [1.165, 1.54) is 12.1 Å². The Morgan fingerprint density at radius 3 is 2.54 bits per heavy atom. The van der Waals surface area contributed by atoms with Gasteiger partial charge in [0.2, 0.25) is 0 Å². The summed E-state index contributed by atoms with van der Waals surface area (Å²) in [6.45, 7) is 1.11. The molecule has 2 aromatic rings. The number of nitrogens with zero attached hydrogens (tertiary/aromatic N) is 2. The first-order valence-electron chi connectivity index (χ1n) is 7.78. The van der Waals surface area contributed by atoms with Crippen molar-refractivity contribution in [3.63, 3.8) is 0 Å². The zero-order chi connectivity index (χ0) is 16.9. The third kappa shape index (κ3) is 3.59. The molecule has 1 fully saturated rings. The number of piperidine rings is 1. The molecule has 1 saturated heterocycles. The van der Waals surface area contributed by atoms with Crippen LogP contribution in [0.1, 0.15) is 33.6 Å². The maximum Gasteiger partial charge on any atom is 0.253 e. The molecule has 1 amide bonds. The number of amides is 1. The molecule has 5 nitrogen and oxygen atoms in total. The van der Waals surface area contributed by atoms with Gasteiger partial charge in [-0.15, -0.1) is 0 Å². The smallest absolute Gasteiger partial charge is 0.253 e. The van der Waals surface area contributed by atoms with Gasteiger partial charge in [0.05, 0.1) is 0 Å². The normalized spacial score (nSPS) is 15.1. The van der Waals surface area contributed by atoms with Crippen molar-refractivity contribution in [3.8, 4) is 5.75 Å². The Morgan fingerprint density at radius 2 is 1.92 bits per heavy atom. The molecule has 0 atom stereocenters. The molecule has 1 aromatic carbocycles. The van der Waals surface area contributed by atoms with Crippen molar-refractivity contribution in [2.75, 3.05) is 13.1 Å². The number of pyridine rings is 1. The van der Waals surface area contributed by atoms with Gasteiger partial charge < -0.3 is 9.64 Å². The fourth-order valence-corrected chi connectivity index (χ4v) is 2.72. The van der Waals surface area contributed by atoms with E-state index in [0.717, 1.165) is 6.07 Å². The van der Waals surface area contributed by atoms with Crippen LogP contribution in [-0.4, -0.2) is 41.3 Å². The van der Waals surface area contributed by atoms with Gasteiger partial charge in [-0.05, 0) is 30.3 Å². The molecule has 0 saturated carbocycles. The maximum atomic E-state index is 13.9. The minimum Gasteiger partial charge on any atom is -0.487 e. The van der Waals surface area contributed by atoms with Crippen LogP contribution in [0.2, 0.25) is 0 Å². The van der Waals surface area contributed by atoms with Crippen molar-refractivity contribution in [2.45, 2.75) is 18.9 Å². The second-order valence-corrected chi connectivity index (χ2v) is 5.65. The van der Waals surface area contributed by atoms with Gasteiger partial charge in [0.15, 0.2) is 11.6 Å². The summed E-state index contributed by atoms with van der Waals surface area (Å²) in [5, 5.41) is 0. The lowest BCUT2D eigenvalue weighted by Crippen LogP contribution is -2.41. The predicted molar refractivity (Wildman–Crippen MR) is 85.6 cm³/mol. The van der Waals surface area contributed by atoms with Gasteiger partial charge in [0, 0.05) is 49.5 Å². The van der Waals surface area contributed by atoms with Crippen LogP contribution in [-0.2, 0) is 0 Å². The highest BCUT2D eigenvalue weighted by atomic mass is 19.1. The van der Waals surface area contributed by atoms with Gasteiger partial charge in [-0.2, -0.15) is 0 Å². The number of aldehydes is 1. The van der Waals surface area contributed by atoms with Crippen LogP contribution in [0.4, 0.5) is 4.39 Å². The monoisotopic (exact) mass is 328 g/mol. The van der Waals surface area contributed by atoms with Crippen LogP contribution in [0.25, 0.3) is 0 Å². The van der Waals surface area contributed by atoms with Crippen LogP contribution in [0, 0.1) is 5.82 Å². The molecule has 1 aliphatic rings. The quantitative estimate of drug-likeness (QED) is 0.810. The summed E-state index contributed by atoms with van der Waals surface area (Å²) < 4.78 is 19.5. The van der Waals surface area contributed by atoms with Gasteiger partial charge in [0.25, 0.3) is 5.91 Å². The van der Waals surface area contributed by atoms with Crippen molar-refractivity contribution in [1.29, 1.82) is 0 Å². The zero-order valence-corrected chi connectivity index (χ0v) is 13.0. The fourth-order valence-electron chi connectivity index (χ4n) is 2.72. The van der Waals surface area contributed by atoms with Crippen molar-refractivity contribution in [2.24, 2.45) is 0 Å². The lowest BCUT2D eigenvalue weighted by atomic mass is 10.1. The van der Waals surface area contributed by atoms with E-state index < -0.39 is 5.82 Å². The second kappa shape index (κ2) is 7.21. The average molecular weight is 328 g/mol. The van der Waals surface area contributed by atoms with E-state index in [9.17, 15) is 14.0 Å². The molecule has 0 radical (unpaired) electrons. The lowest BCUT2D eigenvalue weighted by Gasteiger charge is -2.32. The van der Waals surface area contributed by atoms with Gasteiger partial charge >= 0.3 is 0 Å². The van der Waals surface area contributed by atoms with Crippen molar-refractivity contribution in [1.82, 2.24) is 9.88 Å². The molecule has 6 heteroatoms. The highest BCUT2D eigenvalue weighted by molar-refractivity contribution is 5.94. The molecular weight excluding hydrogens is 311 g/mol. The van der Waals surface area contributed by atoms with Crippen molar-refractivity contribution >= 4 is 12.2 Å². The Balaban J connectivity index is 1.57. The zero-order valence-electron chi connectivity index (χ0n) is 13.0. The molecule has 0 spiro atoms. The Labute approximate surface area is 139 Å². The van der Waals surface area contributed by atoms with Crippen LogP contribution in [0.15, 0.2) is 42.7 Å². The number of hydrogen-bond donors (Lipinski definition) is 0. The van der Waals surface area contributed by atoms with Crippen LogP contribution in [0.5, 0.6) is 5.75 Å². The van der Waals surface area contributed by atoms with Gasteiger partial charge in [-0.25, -0.2) is 4.39 Å². The molecule has 1 aromatic heterocycles. The summed E-state index contributed by atoms with van der Waals surface area (Å²) in [7, 11) is 0. The van der Waals surface area contributed by atoms with E-state index in [1.807, 2.05) is 0 Å². The third-order valence-electron chi connectivity index (χ3n) is 4.04. The Morgan fingerprint density at radius 1 is 1.21 bits per heavy atom. The minimum absolute atomic E-state index is 0.0302. The number of likely N-dealkylation sites (tertiary alicyclic amines) is 1. The summed E-state index contributed by atoms with van der Waals surface area (Å²) in [5.41, 5.74) is 0.887. The largest absolute Gasteiger partial charge is 0.487 e. The van der Waals surface area contributed by atoms with E-state index >= 15 is 0 Å². The number of halogens is 1. The number of aromatic nitrogens is 1. The number of carbonyl (C=O) groups excluding carboxylic acids is 2. The van der Waals surface area contributed by atoms with E-state index in [4.69, 9.17) is 4.74 Å². The van der Waals surface area contributed by atoms with Gasteiger partial charge in [-0.3, -0.25) is 14.6 Å². The highest BCUT2D eigenvalue weighted by Crippen LogP contribution is 2.23. The van der Waals surface area contributed by atoms with Crippen LogP contribution in [0.3, 0.4) is 0 Å². The SMILES string of the molecule is O=Cc1ccc(OC2CCN(C(=O)c3ccncc3)CC2)c(F)c1. The van der Waals surface area contributed by atoms with Crippen LogP contribution < -0.4 is 4.74 Å². The average Bonchev–Trinajstić information content (AvgIpc) is 2.64. The standard InChI is InChI=1S/C18H17FN2O3/c19-16-11-13(12-22)1-2-17(16)24-15-5-9-21(10-6-15)18(23)14-3-7-20-8-4-14/h1-4,7-8,11-12,15H,5-6,9-10H2. The molecule has 2 heterocycles. The Bertz CT molecular complexity index is 728. The lowest BCUT2D eigenvalue weighted by molar-refractivity contribution is 0.0588. The van der Waals surface area contributed by atoms with E-state index in [2.05, 4.69) is 4.98 Å². The molecule has 124 valence electrons. The first kappa shape index (κ1) is 16.1. The molecule has 24 heavy (non-hydrogen) atoms. The van der Waals surface area contributed by atoms with E-state index in [1.54, 1.807) is 29.4 Å². The summed E-state index contributed by atoms with van der Waals surface area (Å²) in [4.78, 5) is 28.7. The Kier molecular flexibility index (Phi) is 4.84. The summed E-state index contributed by atoms with van der Waals surface area (Å²) in [5.74, 6) is -0.438. The molecule has 0 unspecified atom stereocenters. The number of carbonyl (C=O) groups is 2. The minimum atomic E-state index is -0.546. The molecule has 1 aliphatic heterocycles. The molecule has 0 aliphatic carbocycles. The number of ether oxygens (including phenoxy) is 1. The molecule has 0 N–H and O–H groups in total. The van der Waals surface area contributed by atoms with Gasteiger partial charge in [0.1, 0.15) is 12.4 Å².